The summed E-state index contributed by atoms with van der Waals surface area (Å²) in [5.74, 6) is 0.724. The van der Waals surface area contributed by atoms with E-state index in [0.29, 0.717) is 30.1 Å². The zero-order valence-electron chi connectivity index (χ0n) is 14.8. The van der Waals surface area contributed by atoms with Crippen molar-refractivity contribution in [3.05, 3.63) is 34.2 Å². The van der Waals surface area contributed by atoms with Crippen molar-refractivity contribution in [2.45, 2.75) is 38.2 Å². The number of anilines is 2. The number of nitrogens with one attached hydrogen (secondary N) is 3. The van der Waals surface area contributed by atoms with Crippen LogP contribution in [0.1, 0.15) is 23.3 Å². The van der Waals surface area contributed by atoms with Gasteiger partial charge in [0.15, 0.2) is 5.65 Å². The van der Waals surface area contributed by atoms with E-state index in [-0.39, 0.29) is 18.0 Å². The number of aromatic nitrogens is 4. The molecule has 1 amide bonds. The summed E-state index contributed by atoms with van der Waals surface area (Å²) in [5.41, 5.74) is 1.60. The summed E-state index contributed by atoms with van der Waals surface area (Å²) in [7, 11) is 0. The molecule has 1 saturated carbocycles. The third-order valence-corrected chi connectivity index (χ3v) is 5.39. The van der Waals surface area contributed by atoms with Crippen molar-refractivity contribution in [1.82, 2.24) is 24.9 Å². The fourth-order valence-corrected chi connectivity index (χ4v) is 3.60. The van der Waals surface area contributed by atoms with E-state index in [1.807, 2.05) is 17.5 Å². The maximum Gasteiger partial charge on any atom is 0.269 e. The van der Waals surface area contributed by atoms with Gasteiger partial charge in [0.1, 0.15) is 5.71 Å². The standard InChI is InChI=1S/C17H18N8O2S/c26-14-12(21-17(27)23-14)6-9-7-19-25-13(9)22-15(18-8-11-2-1-5-28-11)24-16(25)20-10-3-4-10/h1-2,5,7,10,17,27H,3-4,6,8H2,(H,23,26)(H2,18,20,22,24). The molecule has 1 aliphatic heterocycles. The molecule has 4 N–H and O–H groups in total. The largest absolute Gasteiger partial charge is 0.355 e. The molecule has 3 aromatic rings. The van der Waals surface area contributed by atoms with Crippen LogP contribution in [-0.2, 0) is 17.8 Å². The molecule has 1 aliphatic carbocycles. The van der Waals surface area contributed by atoms with Crippen LogP contribution in [0.25, 0.3) is 5.65 Å². The molecular formula is C17H18N8O2S. The predicted molar refractivity (Wildman–Crippen MR) is 104 cm³/mol. The minimum Gasteiger partial charge on any atom is -0.355 e. The van der Waals surface area contributed by atoms with Gasteiger partial charge in [0.25, 0.3) is 5.91 Å². The lowest BCUT2D eigenvalue weighted by Crippen LogP contribution is -2.29. The molecule has 0 aromatic carbocycles. The highest BCUT2D eigenvalue weighted by Crippen LogP contribution is 2.25. The van der Waals surface area contributed by atoms with Gasteiger partial charge in [-0.2, -0.15) is 19.6 Å². The van der Waals surface area contributed by atoms with Crippen LogP contribution in [0.15, 0.2) is 28.7 Å². The van der Waals surface area contributed by atoms with E-state index < -0.39 is 6.35 Å². The first-order valence-electron chi connectivity index (χ1n) is 8.99. The SMILES string of the molecule is O=C1NC(O)N=C1Cc1cnn2c(NC3CC3)nc(NCc3cccs3)nc12. The third-order valence-electron chi connectivity index (χ3n) is 4.51. The van der Waals surface area contributed by atoms with Gasteiger partial charge in [0, 0.05) is 22.9 Å². The van der Waals surface area contributed by atoms with Crippen molar-refractivity contribution in [2.75, 3.05) is 10.6 Å². The van der Waals surface area contributed by atoms with E-state index in [0.717, 1.165) is 18.4 Å². The Morgan fingerprint density at radius 2 is 2.25 bits per heavy atom. The summed E-state index contributed by atoms with van der Waals surface area (Å²) in [4.78, 5) is 26.2. The van der Waals surface area contributed by atoms with Crippen LogP contribution in [0.4, 0.5) is 11.9 Å². The van der Waals surface area contributed by atoms with Crippen molar-refractivity contribution >= 4 is 40.5 Å². The summed E-state index contributed by atoms with van der Waals surface area (Å²) in [5, 5.41) is 24.9. The highest BCUT2D eigenvalue weighted by atomic mass is 32.1. The molecule has 3 aromatic heterocycles. The molecule has 1 atom stereocenters. The summed E-state index contributed by atoms with van der Waals surface area (Å²) in [6.45, 7) is 0.626. The van der Waals surface area contributed by atoms with Crippen LogP contribution in [0, 0.1) is 0 Å². The molecule has 11 heteroatoms. The molecule has 0 spiro atoms. The molecule has 0 saturated heterocycles. The Bertz CT molecular complexity index is 1060. The van der Waals surface area contributed by atoms with Crippen molar-refractivity contribution < 1.29 is 9.90 Å². The molecule has 10 nitrogen and oxygen atoms in total. The van der Waals surface area contributed by atoms with E-state index in [4.69, 9.17) is 0 Å². The number of carbonyl (C=O) groups excluding carboxylic acids is 1. The lowest BCUT2D eigenvalue weighted by Gasteiger charge is -2.10. The Kier molecular flexibility index (Phi) is 4.17. The second-order valence-electron chi connectivity index (χ2n) is 6.73. The number of hydrogen-bond donors (Lipinski definition) is 4. The lowest BCUT2D eigenvalue weighted by molar-refractivity contribution is -0.116. The van der Waals surface area contributed by atoms with Gasteiger partial charge in [-0.3, -0.25) is 4.79 Å². The maximum absolute atomic E-state index is 11.9. The second-order valence-corrected chi connectivity index (χ2v) is 7.76. The van der Waals surface area contributed by atoms with E-state index in [2.05, 4.69) is 36.0 Å². The number of hydrogen-bond acceptors (Lipinski definition) is 9. The fourth-order valence-electron chi connectivity index (χ4n) is 2.96. The molecule has 1 unspecified atom stereocenters. The quantitative estimate of drug-likeness (QED) is 0.462. The number of carbonyl (C=O) groups is 1. The van der Waals surface area contributed by atoms with Crippen LogP contribution in [0.3, 0.4) is 0 Å². The Labute approximate surface area is 163 Å². The van der Waals surface area contributed by atoms with Crippen LogP contribution in [0.2, 0.25) is 0 Å². The monoisotopic (exact) mass is 398 g/mol. The molecule has 144 valence electrons. The number of aliphatic imine (C=N–C) groups is 1. The van der Waals surface area contributed by atoms with Crippen LogP contribution in [-0.4, -0.2) is 48.7 Å². The van der Waals surface area contributed by atoms with Gasteiger partial charge >= 0.3 is 0 Å². The number of fused-ring (bicyclic) bond motifs is 1. The minimum absolute atomic E-state index is 0.233. The number of rotatable bonds is 7. The number of thiophene rings is 1. The Morgan fingerprint density at radius 3 is 2.96 bits per heavy atom. The van der Waals surface area contributed by atoms with E-state index >= 15 is 0 Å². The second kappa shape index (κ2) is 6.84. The van der Waals surface area contributed by atoms with Gasteiger partial charge < -0.3 is 21.1 Å². The average molecular weight is 398 g/mol. The zero-order chi connectivity index (χ0) is 19.1. The fraction of sp³-hybridized carbons (Fsp3) is 0.353. The predicted octanol–water partition coefficient (Wildman–Crippen LogP) is 0.761. The van der Waals surface area contributed by atoms with E-state index in [1.165, 1.54) is 4.88 Å². The zero-order valence-corrected chi connectivity index (χ0v) is 15.6. The van der Waals surface area contributed by atoms with Gasteiger partial charge in [0.05, 0.1) is 12.7 Å². The van der Waals surface area contributed by atoms with Crippen molar-refractivity contribution in [3.63, 3.8) is 0 Å². The minimum atomic E-state index is -1.19. The van der Waals surface area contributed by atoms with Crippen molar-refractivity contribution in [1.29, 1.82) is 0 Å². The molecule has 1 fully saturated rings. The van der Waals surface area contributed by atoms with Gasteiger partial charge in [-0.1, -0.05) is 6.07 Å². The Balaban J connectivity index is 1.47. The first-order valence-corrected chi connectivity index (χ1v) is 9.87. The van der Waals surface area contributed by atoms with Gasteiger partial charge in [-0.05, 0) is 24.3 Å². The molecule has 2 aliphatic rings. The number of aliphatic hydroxyl groups is 1. The van der Waals surface area contributed by atoms with E-state index in [1.54, 1.807) is 22.0 Å². The first kappa shape index (κ1) is 17.1. The highest BCUT2D eigenvalue weighted by Gasteiger charge is 2.26. The normalized spacial score (nSPS) is 19.0. The van der Waals surface area contributed by atoms with Crippen molar-refractivity contribution in [2.24, 2.45) is 4.99 Å². The summed E-state index contributed by atoms with van der Waals surface area (Å²) >= 11 is 1.66. The average Bonchev–Trinajstić information content (AvgIpc) is 3.05. The topological polar surface area (TPSA) is 129 Å². The van der Waals surface area contributed by atoms with Crippen LogP contribution >= 0.6 is 11.3 Å². The summed E-state index contributed by atoms with van der Waals surface area (Å²) in [6, 6.07) is 4.45. The third kappa shape index (κ3) is 3.41. The first-order chi connectivity index (χ1) is 13.7. The van der Waals surface area contributed by atoms with E-state index in [9.17, 15) is 9.90 Å². The summed E-state index contributed by atoms with van der Waals surface area (Å²) in [6.07, 6.45) is 2.91. The smallest absolute Gasteiger partial charge is 0.269 e. The molecule has 4 heterocycles. The number of nitrogens with zero attached hydrogens (tertiary/aromatic N) is 5. The summed E-state index contributed by atoms with van der Waals surface area (Å²) < 4.78 is 1.65. The number of amides is 1. The van der Waals surface area contributed by atoms with Crippen LogP contribution in [0.5, 0.6) is 0 Å². The van der Waals surface area contributed by atoms with Crippen LogP contribution < -0.4 is 16.0 Å². The highest BCUT2D eigenvalue weighted by molar-refractivity contribution is 7.09. The maximum atomic E-state index is 11.9. The molecule has 5 rings (SSSR count). The molecule has 0 bridgehead atoms. The molecule has 0 radical (unpaired) electrons. The Hall–Kier alpha value is -3.05. The lowest BCUT2D eigenvalue weighted by atomic mass is 10.1. The number of aliphatic hydroxyl groups excluding tert-OH is 1. The van der Waals surface area contributed by atoms with Gasteiger partial charge in [-0.25, -0.2) is 4.99 Å². The van der Waals surface area contributed by atoms with Gasteiger partial charge in [-0.15, -0.1) is 11.3 Å². The van der Waals surface area contributed by atoms with Crippen molar-refractivity contribution in [3.8, 4) is 0 Å². The van der Waals surface area contributed by atoms with Gasteiger partial charge in [0.2, 0.25) is 18.2 Å². The molecule has 28 heavy (non-hydrogen) atoms. The Morgan fingerprint density at radius 1 is 1.36 bits per heavy atom. The molecular weight excluding hydrogens is 380 g/mol.